The van der Waals surface area contributed by atoms with Gasteiger partial charge in [-0.15, -0.1) is 0 Å². The van der Waals surface area contributed by atoms with E-state index in [1.165, 1.54) is 5.57 Å². The minimum atomic E-state index is -1.88. The molecule has 0 unspecified atom stereocenters. The van der Waals surface area contributed by atoms with E-state index in [9.17, 15) is 45.3 Å². The summed E-state index contributed by atoms with van der Waals surface area (Å²) in [7, 11) is 0. The molecule has 7 rings (SSSR count). The Morgan fingerprint density at radius 1 is 0.759 bits per heavy atom. The molecule has 0 bridgehead atoms. The van der Waals surface area contributed by atoms with Crippen LogP contribution in [0.15, 0.2) is 11.6 Å². The molecule has 0 aromatic heterocycles. The van der Waals surface area contributed by atoms with Gasteiger partial charge in [-0.25, -0.2) is 4.79 Å². The highest BCUT2D eigenvalue weighted by Crippen LogP contribution is 2.76. The number of allylic oxidation sites excluding steroid dienone is 2. The van der Waals surface area contributed by atoms with Crippen LogP contribution in [-0.2, 0) is 28.5 Å². The zero-order chi connectivity index (χ0) is 39.6. The van der Waals surface area contributed by atoms with Crippen molar-refractivity contribution in [2.24, 2.45) is 50.2 Å². The fourth-order valence-electron chi connectivity index (χ4n) is 13.4. The van der Waals surface area contributed by atoms with Crippen LogP contribution in [0.2, 0.25) is 0 Å². The van der Waals surface area contributed by atoms with E-state index in [-0.39, 0.29) is 40.1 Å². The first kappa shape index (κ1) is 40.5. The Labute approximate surface area is 318 Å². The molecule has 2 aliphatic heterocycles. The minimum Gasteiger partial charge on any atom is -0.481 e. The molecule has 4 saturated carbocycles. The predicted molar refractivity (Wildman–Crippen MR) is 192 cm³/mol. The first-order chi connectivity index (χ1) is 25.0. The lowest BCUT2D eigenvalue weighted by atomic mass is 9.33. The third-order valence-corrected chi connectivity index (χ3v) is 16.8. The number of hydrogen-bond acceptors (Lipinski definition) is 11. The van der Waals surface area contributed by atoms with Crippen molar-refractivity contribution in [1.29, 1.82) is 0 Å². The van der Waals surface area contributed by atoms with Gasteiger partial charge in [-0.2, -0.15) is 0 Å². The predicted octanol–water partition coefficient (Wildman–Crippen LogP) is 3.61. The average Bonchev–Trinajstić information content (AvgIpc) is 3.08. The molecule has 5 aliphatic carbocycles. The molecule has 0 spiro atoms. The highest BCUT2D eigenvalue weighted by Gasteiger charge is 2.69. The van der Waals surface area contributed by atoms with Gasteiger partial charge in [0.15, 0.2) is 18.7 Å². The third kappa shape index (κ3) is 5.88. The molecule has 13 nitrogen and oxygen atoms in total. The summed E-state index contributed by atoms with van der Waals surface area (Å²) in [5, 5.41) is 73.3. The number of ether oxygens (including phenoxy) is 4. The van der Waals surface area contributed by atoms with Crippen molar-refractivity contribution in [2.45, 2.75) is 174 Å². The average molecular weight is 765 g/mol. The number of aliphatic hydroxyl groups is 5. The van der Waals surface area contributed by atoms with Crippen LogP contribution in [-0.4, -0.2) is 116 Å². The van der Waals surface area contributed by atoms with Crippen molar-refractivity contribution in [2.75, 3.05) is 6.61 Å². The van der Waals surface area contributed by atoms with E-state index in [1.54, 1.807) is 0 Å². The molecule has 54 heavy (non-hydrogen) atoms. The molecule has 6 fully saturated rings. The second-order valence-electron chi connectivity index (χ2n) is 20.3. The summed E-state index contributed by atoms with van der Waals surface area (Å²) >= 11 is 0. The lowest BCUT2D eigenvalue weighted by Crippen LogP contribution is -2.67. The smallest absolute Gasteiger partial charge is 0.335 e. The Kier molecular flexibility index (Phi) is 10.1. The molecule has 0 amide bonds. The molecule has 0 aromatic rings. The maximum Gasteiger partial charge on any atom is 0.335 e. The third-order valence-electron chi connectivity index (χ3n) is 16.8. The van der Waals surface area contributed by atoms with E-state index in [0.717, 1.165) is 51.4 Å². The Hall–Kier alpha value is -1.68. The zero-order valence-electron chi connectivity index (χ0n) is 32.9. The minimum absolute atomic E-state index is 0.0315. The van der Waals surface area contributed by atoms with Gasteiger partial charge < -0.3 is 54.7 Å². The highest BCUT2D eigenvalue weighted by atomic mass is 16.8. The fraction of sp³-hybridized carbons (Fsp3) is 0.902. The van der Waals surface area contributed by atoms with Gasteiger partial charge in [0.05, 0.1) is 18.1 Å². The molecule has 2 heterocycles. The molecule has 7 aliphatic rings. The van der Waals surface area contributed by atoms with Crippen LogP contribution < -0.4 is 0 Å². The molecule has 7 N–H and O–H groups in total. The highest BCUT2D eigenvalue weighted by molar-refractivity contribution is 5.76. The normalized spacial score (nSPS) is 52.4. The second-order valence-corrected chi connectivity index (χ2v) is 20.3. The first-order valence-electron chi connectivity index (χ1n) is 20.2. The first-order valence-corrected chi connectivity index (χ1v) is 20.2. The maximum absolute atomic E-state index is 13.0. The number of carbonyl (C=O) groups is 2. The maximum atomic E-state index is 13.0. The van der Waals surface area contributed by atoms with Gasteiger partial charge in [-0.3, -0.25) is 4.79 Å². The Morgan fingerprint density at radius 3 is 2.11 bits per heavy atom. The van der Waals surface area contributed by atoms with E-state index < -0.39 is 84.2 Å². The number of fused-ring (bicyclic) bond motifs is 7. The molecule has 306 valence electrons. The Balaban J connectivity index is 1.16. The van der Waals surface area contributed by atoms with Crippen molar-refractivity contribution >= 4 is 11.9 Å². The SMILES string of the molecule is CC1(C)CC[C@]2(C(=O)O)CC[C@]3(C)C(=CC[C@@H]4[C@@]5(C)CC[C@H](O[C@@H]6O[C@H](C(=O)O)[C@@H](O)[C@H](O)[C@H]6O[C@@H]6OC[C@H](O)[C@H](O)[C@H]6O)C(C)(C)[C@@H]5CC[C@]43C)[C@@H]2C1. The van der Waals surface area contributed by atoms with Gasteiger partial charge in [0, 0.05) is 0 Å². The largest absolute Gasteiger partial charge is 0.481 e. The molecule has 2 saturated heterocycles. The number of aliphatic hydroxyl groups excluding tert-OH is 5. The topological polar surface area (TPSA) is 213 Å². The van der Waals surface area contributed by atoms with Crippen LogP contribution in [0, 0.1) is 50.2 Å². The molecule has 0 radical (unpaired) electrons. The van der Waals surface area contributed by atoms with Crippen LogP contribution in [0.5, 0.6) is 0 Å². The van der Waals surface area contributed by atoms with Crippen LogP contribution in [0.4, 0.5) is 0 Å². The van der Waals surface area contributed by atoms with Crippen LogP contribution in [0.1, 0.15) is 113 Å². The van der Waals surface area contributed by atoms with Gasteiger partial charge in [-0.05, 0) is 109 Å². The van der Waals surface area contributed by atoms with E-state index in [0.29, 0.717) is 18.8 Å². The van der Waals surface area contributed by atoms with E-state index >= 15 is 0 Å². The van der Waals surface area contributed by atoms with Crippen molar-refractivity contribution in [3.05, 3.63) is 11.6 Å². The van der Waals surface area contributed by atoms with Gasteiger partial charge in [0.1, 0.15) is 36.6 Å². The summed E-state index contributed by atoms with van der Waals surface area (Å²) in [6.45, 7) is 15.9. The number of hydrogen-bond donors (Lipinski definition) is 7. The summed E-state index contributed by atoms with van der Waals surface area (Å²) < 4.78 is 23.8. The van der Waals surface area contributed by atoms with Gasteiger partial charge in [0.2, 0.25) is 0 Å². The van der Waals surface area contributed by atoms with Crippen molar-refractivity contribution < 1.29 is 64.3 Å². The van der Waals surface area contributed by atoms with Crippen LogP contribution in [0.25, 0.3) is 0 Å². The van der Waals surface area contributed by atoms with Crippen LogP contribution in [0.3, 0.4) is 0 Å². The zero-order valence-corrected chi connectivity index (χ0v) is 32.9. The fourth-order valence-corrected chi connectivity index (χ4v) is 13.4. The van der Waals surface area contributed by atoms with Crippen molar-refractivity contribution in [1.82, 2.24) is 0 Å². The quantitative estimate of drug-likeness (QED) is 0.152. The summed E-state index contributed by atoms with van der Waals surface area (Å²) in [5.74, 6) is -1.55. The summed E-state index contributed by atoms with van der Waals surface area (Å²) in [6.07, 6.45) is -4.31. The molecule has 0 aromatic carbocycles. The summed E-state index contributed by atoms with van der Waals surface area (Å²) in [4.78, 5) is 25.2. The summed E-state index contributed by atoms with van der Waals surface area (Å²) in [6, 6.07) is 0. The molecular formula is C41H64O13. The molecular weight excluding hydrogens is 700 g/mol. The summed E-state index contributed by atoms with van der Waals surface area (Å²) in [5.41, 5.74) is 0.0561. The Morgan fingerprint density at radius 2 is 1.44 bits per heavy atom. The molecule has 13 heteroatoms. The van der Waals surface area contributed by atoms with Crippen LogP contribution >= 0.6 is 0 Å². The monoisotopic (exact) mass is 764 g/mol. The van der Waals surface area contributed by atoms with Crippen molar-refractivity contribution in [3.8, 4) is 0 Å². The van der Waals surface area contributed by atoms with Gasteiger partial charge in [0.25, 0.3) is 0 Å². The number of carboxylic acid groups (broad SMARTS) is 2. The molecule has 17 atom stereocenters. The number of rotatable bonds is 6. The van der Waals surface area contributed by atoms with Gasteiger partial charge >= 0.3 is 11.9 Å². The van der Waals surface area contributed by atoms with E-state index in [1.807, 2.05) is 0 Å². The van der Waals surface area contributed by atoms with E-state index in [2.05, 4.69) is 54.5 Å². The lowest BCUT2D eigenvalue weighted by molar-refractivity contribution is -0.366. The number of aliphatic carboxylic acids is 2. The standard InChI is InChI=1S/C41H64O13/c1-36(2)14-16-41(35(49)50)17-15-39(6)20(21(41)18-36)8-9-24-38(5)12-11-25(37(3,4)23(38)10-13-40(24,39)7)52-34-31(28(45)27(44)30(53-34)32(47)48)54-33-29(46)26(43)22(42)19-51-33/h8,21-31,33-34,42-46H,9-19H2,1-7H3,(H,47,48)(H,49,50)/t21-,22-,23-,24+,25-,26-,27-,28-,29+,30-,31+,33-,34+,38-,39+,40+,41-/m0/s1. The second kappa shape index (κ2) is 13.4. The van der Waals surface area contributed by atoms with Gasteiger partial charge in [-0.1, -0.05) is 60.1 Å². The van der Waals surface area contributed by atoms with E-state index in [4.69, 9.17) is 18.9 Å². The van der Waals surface area contributed by atoms with Crippen molar-refractivity contribution in [3.63, 3.8) is 0 Å². The Bertz CT molecular complexity index is 1510. The lowest BCUT2D eigenvalue weighted by Gasteiger charge is -2.71. The number of carboxylic acids is 2.